The van der Waals surface area contributed by atoms with Crippen molar-refractivity contribution in [2.75, 3.05) is 58.0 Å². The van der Waals surface area contributed by atoms with Gasteiger partial charge < -0.3 is 85.4 Å². The fourth-order valence-electron chi connectivity index (χ4n) is 16.6. The van der Waals surface area contributed by atoms with Gasteiger partial charge in [0.25, 0.3) is 0 Å². The minimum atomic E-state index is -0.528. The fourth-order valence-corrected chi connectivity index (χ4v) is 16.6. The summed E-state index contributed by atoms with van der Waals surface area (Å²) >= 11 is 0. The second-order valence-electron chi connectivity index (χ2n) is 33.9. The van der Waals surface area contributed by atoms with Gasteiger partial charge in [0.05, 0.1) is 94.6 Å². The third-order valence-electron chi connectivity index (χ3n) is 23.5. The molecule has 0 amide bonds. The molecule has 0 radical (unpaired) electrons. The smallest absolute Gasteiger partial charge is 0.121 e. The highest BCUT2D eigenvalue weighted by atomic mass is 16.5. The molecule has 6 saturated carbocycles. The van der Waals surface area contributed by atoms with Crippen LogP contribution in [0, 0.1) is 35.5 Å². The molecule has 12 N–H and O–H groups in total. The second-order valence-corrected chi connectivity index (χ2v) is 33.9. The lowest BCUT2D eigenvalue weighted by Crippen LogP contribution is -2.24. The largest absolute Gasteiger partial charge is 0.493 e. The fraction of sp³-hybridized carbons (Fsp3) is 0.640. The molecule has 656 valence electrons. The number of nitrogens with two attached hydrogens (primary N) is 1. The van der Waals surface area contributed by atoms with Crippen LogP contribution in [-0.4, -0.2) is 123 Å². The molecule has 6 aromatic rings. The molecule has 6 aliphatic rings. The summed E-state index contributed by atoms with van der Waals surface area (Å²) in [4.78, 5) is 0. The number of hydrogen-bond donors (Lipinski definition) is 11. The summed E-state index contributed by atoms with van der Waals surface area (Å²) in [5.41, 5.74) is 11.2. The van der Waals surface area contributed by atoms with E-state index in [2.05, 4.69) is 57.3 Å². The van der Waals surface area contributed by atoms with Crippen LogP contribution in [0.4, 0.5) is 5.69 Å². The molecule has 117 heavy (non-hydrogen) atoms. The molecule has 0 aromatic heterocycles. The Kier molecular flexibility index (Phi) is 49.6. The SMILES string of the molecule is C.CCC(O)c1cccc(OCC2CCCCC2)c1.CCCNc1cccc(OCC2CCCCC2)c1.CCC[C@@H](O)c1cccc(OC[C@@H]2CCC[C@@H](O)C2)c1.CCC[C@@H](O)c1cccc(OC[C@H]2CCC[C@@H](O)C2)c1.CCC[C@@H](O)c1cccc(OC[C@H]2CCC[C@H](O)C2)c1.NCC[C@@H](O)c1cccc(OC[C@@H]2CCC[C@H](O)C2)c1. The van der Waals surface area contributed by atoms with Crippen molar-refractivity contribution in [3.8, 4) is 34.5 Å². The average molecular weight is 1630 g/mol. The van der Waals surface area contributed by atoms with E-state index in [9.17, 15) is 46.0 Å². The van der Waals surface area contributed by atoms with Crippen LogP contribution >= 0.6 is 0 Å². The first-order chi connectivity index (χ1) is 56.4. The Bertz CT molecular complexity index is 3190. The van der Waals surface area contributed by atoms with Crippen LogP contribution in [0.25, 0.3) is 0 Å². The highest BCUT2D eigenvalue weighted by Gasteiger charge is 2.26. The molecular weight excluding hydrogens is 1470 g/mol. The van der Waals surface area contributed by atoms with Crippen LogP contribution in [0.1, 0.15) is 325 Å². The van der Waals surface area contributed by atoms with Gasteiger partial charge in [-0.15, -0.1) is 0 Å². The van der Waals surface area contributed by atoms with Gasteiger partial charge in [0.15, 0.2) is 0 Å². The van der Waals surface area contributed by atoms with Crippen molar-refractivity contribution in [1.82, 2.24) is 0 Å². The molecule has 0 saturated heterocycles. The Morgan fingerprint density at radius 3 is 0.829 bits per heavy atom. The lowest BCUT2D eigenvalue weighted by molar-refractivity contribution is 0.0807. The predicted octanol–water partition coefficient (Wildman–Crippen LogP) is 21.5. The van der Waals surface area contributed by atoms with Gasteiger partial charge in [0.2, 0.25) is 0 Å². The number of hydrogen-bond acceptors (Lipinski definition) is 17. The van der Waals surface area contributed by atoms with Gasteiger partial charge in [-0.3, -0.25) is 0 Å². The summed E-state index contributed by atoms with van der Waals surface area (Å²) in [6, 6.07) is 47.0. The van der Waals surface area contributed by atoms with E-state index < -0.39 is 24.4 Å². The van der Waals surface area contributed by atoms with E-state index >= 15 is 0 Å². The van der Waals surface area contributed by atoms with Crippen molar-refractivity contribution < 1.29 is 74.4 Å². The topological polar surface area (TPSA) is 275 Å². The molecule has 13 atom stereocenters. The predicted molar refractivity (Wildman–Crippen MR) is 476 cm³/mol. The summed E-state index contributed by atoms with van der Waals surface area (Å²) in [6.07, 6.45) is 34.4. The molecule has 12 rings (SSSR count). The first-order valence-corrected chi connectivity index (χ1v) is 45.4. The standard InChI is InChI=1S/3C17H26O3.C16H25NO3.C16H25NO.C16H24O2.CH4/c3*1-2-5-17(19)14-7-4-9-16(11-14)20-12-13-6-3-8-15(18)10-13;17-8-7-16(19)13-4-2-6-15(10-13)20-11-12-3-1-5-14(18)9-12;1-2-11-17-15-9-6-10-16(12-15)18-13-14-7-4-3-5-8-14;1-2-16(17)14-9-6-10-15(11-14)18-12-13-7-4-3-5-8-13;/h3*4,7,9,11,13,15,17-19H,2-3,5-6,8,10,12H2,1H3;2,4,6,10,12,14,16,18-19H,1,3,5,7-9,11,17H2;6,9-10,12,14,17H,2-5,7-8,11,13H2,1H3;6,9-11,13,16-17H,2-5,7-8,12H2,1H3;1H4/t13-,15+,17+;13-,15-,17+;13-,15-,17-;12-,14+,16-;;;/m0011.../s1. The maximum absolute atomic E-state index is 10.0. The maximum Gasteiger partial charge on any atom is 0.121 e. The number of nitrogens with one attached hydrogen (secondary N) is 1. The molecule has 0 spiro atoms. The summed E-state index contributed by atoms with van der Waals surface area (Å²) in [6.45, 7) is 16.2. The quantitative estimate of drug-likeness (QED) is 0.0176. The lowest BCUT2D eigenvalue weighted by Gasteiger charge is -2.25. The monoisotopic (exact) mass is 1630 g/mol. The summed E-state index contributed by atoms with van der Waals surface area (Å²) in [7, 11) is 0. The van der Waals surface area contributed by atoms with Gasteiger partial charge in [-0.2, -0.15) is 0 Å². The van der Waals surface area contributed by atoms with E-state index in [4.69, 9.17) is 34.2 Å². The first kappa shape index (κ1) is 99.3. The number of aliphatic hydroxyl groups excluding tert-OH is 9. The molecule has 0 heterocycles. The molecular formula is C100H156N2O15. The molecule has 6 aromatic carbocycles. The number of aliphatic hydroxyl groups is 9. The van der Waals surface area contributed by atoms with Crippen LogP contribution in [0.5, 0.6) is 34.5 Å². The van der Waals surface area contributed by atoms with Gasteiger partial charge in [0.1, 0.15) is 34.5 Å². The molecule has 1 unspecified atom stereocenters. The highest BCUT2D eigenvalue weighted by molar-refractivity contribution is 5.48. The van der Waals surface area contributed by atoms with Crippen molar-refractivity contribution in [2.45, 2.75) is 322 Å². The van der Waals surface area contributed by atoms with Crippen molar-refractivity contribution in [1.29, 1.82) is 0 Å². The number of benzene rings is 6. The second kappa shape index (κ2) is 58.5. The Morgan fingerprint density at radius 2 is 0.564 bits per heavy atom. The normalized spacial score (nSPS) is 22.0. The van der Waals surface area contributed by atoms with Gasteiger partial charge in [-0.25, -0.2) is 0 Å². The van der Waals surface area contributed by atoms with Gasteiger partial charge in [-0.1, -0.05) is 192 Å². The van der Waals surface area contributed by atoms with Crippen molar-refractivity contribution >= 4 is 5.69 Å². The van der Waals surface area contributed by atoms with E-state index in [1.54, 1.807) is 0 Å². The Morgan fingerprint density at radius 1 is 0.308 bits per heavy atom. The molecule has 6 fully saturated rings. The van der Waals surface area contributed by atoms with Crippen LogP contribution < -0.4 is 39.5 Å². The Labute approximate surface area is 705 Å². The minimum absolute atomic E-state index is 0. The van der Waals surface area contributed by atoms with Gasteiger partial charge in [0, 0.05) is 18.3 Å². The average Bonchev–Trinajstić information content (AvgIpc) is 0.890. The summed E-state index contributed by atoms with van der Waals surface area (Å²) in [5, 5.41) is 91.8. The lowest BCUT2D eigenvalue weighted by atomic mass is 9.88. The van der Waals surface area contributed by atoms with E-state index in [0.717, 1.165) is 254 Å². The Hall–Kier alpha value is -6.48. The van der Waals surface area contributed by atoms with E-state index in [0.29, 0.717) is 63.1 Å². The zero-order chi connectivity index (χ0) is 82.9. The van der Waals surface area contributed by atoms with Gasteiger partial charge in [-0.05, 0) is 284 Å². The minimum Gasteiger partial charge on any atom is -0.493 e. The molecule has 0 aliphatic heterocycles. The number of rotatable bonds is 35. The third-order valence-corrected chi connectivity index (χ3v) is 23.5. The van der Waals surface area contributed by atoms with Crippen LogP contribution in [-0.2, 0) is 0 Å². The van der Waals surface area contributed by atoms with Crippen LogP contribution in [0.3, 0.4) is 0 Å². The van der Waals surface area contributed by atoms with Crippen LogP contribution in [0.15, 0.2) is 146 Å². The van der Waals surface area contributed by atoms with E-state index in [1.807, 2.05) is 128 Å². The van der Waals surface area contributed by atoms with Gasteiger partial charge >= 0.3 is 0 Å². The number of anilines is 1. The zero-order valence-electron chi connectivity index (χ0n) is 71.5. The number of ether oxygens (including phenoxy) is 6. The third kappa shape index (κ3) is 40.2. The summed E-state index contributed by atoms with van der Waals surface area (Å²) < 4.78 is 35.1. The molecule has 6 aliphatic carbocycles. The molecule has 0 bridgehead atoms. The summed E-state index contributed by atoms with van der Waals surface area (Å²) in [5.74, 6) is 8.38. The zero-order valence-corrected chi connectivity index (χ0v) is 71.5. The van der Waals surface area contributed by atoms with E-state index in [-0.39, 0.29) is 37.9 Å². The van der Waals surface area contributed by atoms with Crippen LogP contribution in [0.2, 0.25) is 0 Å². The first-order valence-electron chi connectivity index (χ1n) is 45.4. The molecule has 17 heteroatoms. The Balaban J connectivity index is 0.000000218. The van der Waals surface area contributed by atoms with Crippen molar-refractivity contribution in [2.24, 2.45) is 41.2 Å². The van der Waals surface area contributed by atoms with E-state index in [1.165, 1.54) is 64.2 Å². The van der Waals surface area contributed by atoms with Crippen molar-refractivity contribution in [3.05, 3.63) is 173 Å². The highest BCUT2D eigenvalue weighted by Crippen LogP contribution is 2.34. The van der Waals surface area contributed by atoms with Crippen molar-refractivity contribution in [3.63, 3.8) is 0 Å². The molecule has 17 nitrogen and oxygen atoms in total. The maximum atomic E-state index is 10.0.